The van der Waals surface area contributed by atoms with Crippen molar-refractivity contribution < 1.29 is 84.2 Å². The van der Waals surface area contributed by atoms with E-state index in [0.717, 1.165) is 41.5 Å². The molecule has 0 aromatic heterocycles. The maximum Gasteiger partial charge on any atom is 0.229 e. The number of rotatable bonds is 13. The highest BCUT2D eigenvalue weighted by molar-refractivity contribution is 5.48. The van der Waals surface area contributed by atoms with Crippen molar-refractivity contribution in [2.75, 3.05) is 19.8 Å². The van der Waals surface area contributed by atoms with Crippen LogP contribution in [0.5, 0.6) is 0 Å². The highest BCUT2D eigenvalue weighted by Gasteiger charge is 2.56. The quantitative estimate of drug-likeness (QED) is 0.103. The van der Waals surface area contributed by atoms with E-state index in [4.69, 9.17) is 33.2 Å². The fourth-order valence-corrected chi connectivity index (χ4v) is 8.20. The Bertz CT molecular complexity index is 1530. The van der Waals surface area contributed by atoms with Crippen LogP contribution >= 0.6 is 0 Å². The molecule has 4 aliphatic heterocycles. The van der Waals surface area contributed by atoms with Crippen molar-refractivity contribution in [3.63, 3.8) is 0 Å². The molecule has 1 aromatic rings. The maximum atomic E-state index is 11.6. The van der Waals surface area contributed by atoms with Crippen LogP contribution in [0.15, 0.2) is 41.7 Å². The highest BCUT2D eigenvalue weighted by Crippen LogP contribution is 2.49. The van der Waals surface area contributed by atoms with Crippen LogP contribution in [0.1, 0.15) is 69.1 Å². The summed E-state index contributed by atoms with van der Waals surface area (Å²) in [4.78, 5) is 0. The average Bonchev–Trinajstić information content (AvgIpc) is 3.16. The van der Waals surface area contributed by atoms with Gasteiger partial charge >= 0.3 is 0 Å². The van der Waals surface area contributed by atoms with Crippen molar-refractivity contribution in [1.82, 2.24) is 0 Å². The maximum absolute atomic E-state index is 11.6. The highest BCUT2D eigenvalue weighted by atomic mass is 16.8. The molecule has 0 saturated carbocycles. The van der Waals surface area contributed by atoms with E-state index in [1.807, 2.05) is 39.0 Å². The molecule has 6 rings (SSSR count). The summed E-state index contributed by atoms with van der Waals surface area (Å²) in [5, 5.41) is 106. The Hall–Kier alpha value is -2.14. The lowest BCUT2D eigenvalue weighted by Crippen LogP contribution is -2.67. The first-order valence-electron chi connectivity index (χ1n) is 19.4. The second-order valence-corrected chi connectivity index (χ2v) is 15.8. The fraction of sp³-hybridized carbons (Fsp3) is 0.744. The minimum atomic E-state index is -1.91. The number of aliphatic hydroxyl groups is 10. The lowest BCUT2D eigenvalue weighted by molar-refractivity contribution is -0.389. The second-order valence-electron chi connectivity index (χ2n) is 15.8. The molecule has 0 amide bonds. The van der Waals surface area contributed by atoms with Gasteiger partial charge in [-0.2, -0.15) is 0 Å². The van der Waals surface area contributed by atoms with E-state index in [1.165, 1.54) is 0 Å². The molecule has 17 heteroatoms. The average molecular weight is 799 g/mol. The van der Waals surface area contributed by atoms with Gasteiger partial charge in [0.15, 0.2) is 18.7 Å². The number of aliphatic hydroxyl groups excluding tert-OH is 10. The molecular formula is C39H58O17. The lowest BCUT2D eigenvalue weighted by Gasteiger charge is -2.50. The summed E-state index contributed by atoms with van der Waals surface area (Å²) < 4.78 is 43.2. The van der Waals surface area contributed by atoms with Crippen LogP contribution in [0.3, 0.4) is 0 Å². The van der Waals surface area contributed by atoms with Crippen LogP contribution in [0.2, 0.25) is 0 Å². The van der Waals surface area contributed by atoms with Gasteiger partial charge in [-0.25, -0.2) is 0 Å². The predicted octanol–water partition coefficient (Wildman–Crippen LogP) is -1.42. The summed E-state index contributed by atoms with van der Waals surface area (Å²) in [7, 11) is 0. The van der Waals surface area contributed by atoms with Crippen molar-refractivity contribution in [3.8, 4) is 0 Å². The van der Waals surface area contributed by atoms with Gasteiger partial charge in [-0.3, -0.25) is 0 Å². The third-order valence-electron chi connectivity index (χ3n) is 11.4. The molecule has 1 aliphatic carbocycles. The molecule has 3 fully saturated rings. The van der Waals surface area contributed by atoms with E-state index >= 15 is 0 Å². The van der Waals surface area contributed by atoms with Crippen LogP contribution in [-0.4, -0.2) is 169 Å². The third-order valence-corrected chi connectivity index (χ3v) is 11.4. The molecule has 1 aromatic carbocycles. The largest absolute Gasteiger partial charge is 0.466 e. The van der Waals surface area contributed by atoms with E-state index in [1.54, 1.807) is 0 Å². The summed E-state index contributed by atoms with van der Waals surface area (Å²) in [5.41, 5.74) is 3.09. The number of ether oxygens (including phenoxy) is 7. The molecule has 3 saturated heterocycles. The van der Waals surface area contributed by atoms with Crippen molar-refractivity contribution in [2.45, 2.75) is 163 Å². The van der Waals surface area contributed by atoms with E-state index in [2.05, 4.69) is 19.1 Å². The van der Waals surface area contributed by atoms with Gasteiger partial charge in [0.05, 0.1) is 37.4 Å². The molecule has 316 valence electrons. The number of hydrogen-bond acceptors (Lipinski definition) is 17. The first-order valence-corrected chi connectivity index (χ1v) is 19.4. The van der Waals surface area contributed by atoms with E-state index < -0.39 is 130 Å². The summed E-state index contributed by atoms with van der Waals surface area (Å²) in [5.74, 6) is -0.146. The summed E-state index contributed by atoms with van der Waals surface area (Å²) in [6.45, 7) is 5.74. The van der Waals surface area contributed by atoms with Crippen molar-refractivity contribution in [2.24, 2.45) is 0 Å². The topological polar surface area (TPSA) is 267 Å². The number of benzene rings is 1. The first kappa shape index (κ1) is 43.4. The molecule has 17 atom stereocenters. The van der Waals surface area contributed by atoms with Crippen molar-refractivity contribution in [3.05, 3.63) is 58.4 Å². The normalized spacial score (nSPS) is 42.3. The monoisotopic (exact) mass is 798 g/mol. The van der Waals surface area contributed by atoms with Crippen molar-refractivity contribution in [1.29, 1.82) is 0 Å². The molecule has 0 spiro atoms. The standard InChI is InChI=1S/C39H58O17/c1-5-6-7-8-18-12-21(26-19-11-17(2)9-10-20(19)39(3,4)56-22(26)13-18)50-38-35(55-37-33(49)31(47)28(44)24(15-41)52-37)34(29(45)25(16-42)53-38)54-36-32(48)30(46)27(43)23(14-40)51-36/h9-13,22-38,40-49H,5-8,14-16H2,1-4H3/t22?,23-,24-,25-,26?,27-,28-,29-,30+,31+,32-,33-,34+,35-,36+,37+,38-/m1/s1. The van der Waals surface area contributed by atoms with Crippen LogP contribution in [0.4, 0.5) is 0 Å². The predicted molar refractivity (Wildman–Crippen MR) is 192 cm³/mol. The molecule has 0 radical (unpaired) electrons. The smallest absolute Gasteiger partial charge is 0.229 e. The molecule has 5 aliphatic rings. The number of hydrogen-bond donors (Lipinski definition) is 10. The summed E-state index contributed by atoms with van der Waals surface area (Å²) in [6, 6.07) is 6.05. The Balaban J connectivity index is 1.42. The number of unbranched alkanes of at least 4 members (excludes halogenated alkanes) is 2. The number of fused-ring (bicyclic) bond motifs is 3. The van der Waals surface area contributed by atoms with Crippen LogP contribution < -0.4 is 0 Å². The summed E-state index contributed by atoms with van der Waals surface area (Å²) in [6.07, 6.45) is -18.5. The number of aryl methyl sites for hydroxylation is 1. The molecule has 56 heavy (non-hydrogen) atoms. The Labute approximate surface area is 325 Å². The fourth-order valence-electron chi connectivity index (χ4n) is 8.20. The number of allylic oxidation sites excluding steroid dienone is 2. The minimum Gasteiger partial charge on any atom is -0.466 e. The minimum absolute atomic E-state index is 0.374. The third kappa shape index (κ3) is 8.60. The molecule has 2 unspecified atom stereocenters. The molecular weight excluding hydrogens is 740 g/mol. The Morgan fingerprint density at radius 1 is 0.679 bits per heavy atom. The Morgan fingerprint density at radius 3 is 1.80 bits per heavy atom. The van der Waals surface area contributed by atoms with E-state index in [-0.39, 0.29) is 0 Å². The van der Waals surface area contributed by atoms with Crippen LogP contribution in [0, 0.1) is 6.92 Å². The summed E-state index contributed by atoms with van der Waals surface area (Å²) >= 11 is 0. The zero-order valence-electron chi connectivity index (χ0n) is 32.0. The zero-order valence-corrected chi connectivity index (χ0v) is 32.0. The zero-order chi connectivity index (χ0) is 40.6. The van der Waals surface area contributed by atoms with Gasteiger partial charge in [0.1, 0.15) is 72.9 Å². The van der Waals surface area contributed by atoms with Crippen LogP contribution in [-0.2, 0) is 38.8 Å². The van der Waals surface area contributed by atoms with Gasteiger partial charge in [0.2, 0.25) is 6.29 Å². The first-order chi connectivity index (χ1) is 26.6. The van der Waals surface area contributed by atoms with Gasteiger partial charge in [0.25, 0.3) is 0 Å². The van der Waals surface area contributed by atoms with Gasteiger partial charge < -0.3 is 84.2 Å². The van der Waals surface area contributed by atoms with E-state index in [0.29, 0.717) is 12.2 Å². The van der Waals surface area contributed by atoms with Gasteiger partial charge in [0, 0.05) is 0 Å². The van der Waals surface area contributed by atoms with Gasteiger partial charge in [-0.05, 0) is 56.4 Å². The second kappa shape index (κ2) is 18.0. The van der Waals surface area contributed by atoms with Gasteiger partial charge in [-0.15, -0.1) is 0 Å². The Morgan fingerprint density at radius 2 is 1.23 bits per heavy atom. The van der Waals surface area contributed by atoms with Gasteiger partial charge in [-0.1, -0.05) is 49.6 Å². The van der Waals surface area contributed by atoms with E-state index in [9.17, 15) is 51.1 Å². The molecule has 10 N–H and O–H groups in total. The SMILES string of the molecule is CCCCCC1=CC2OC(C)(C)c3ccc(C)cc3C2C(O[C@@H]2O[C@H](CO)[C@@H](O)[C@H](O[C@@H]3O[C@H](CO)[C@@H](O)[C@H](O)[C@H]3O)[C@H]2O[C@@H]2O[C@H](CO)[C@@H](O)[C@H](O)[C@H]2O)=C1. The van der Waals surface area contributed by atoms with Crippen LogP contribution in [0.25, 0.3) is 0 Å². The van der Waals surface area contributed by atoms with Crippen molar-refractivity contribution >= 4 is 0 Å². The molecule has 17 nitrogen and oxygen atoms in total. The Kier molecular flexibility index (Phi) is 14.0. The lowest BCUT2D eigenvalue weighted by atomic mass is 9.76. The molecule has 4 heterocycles. The molecule has 0 bridgehead atoms.